The minimum Gasteiger partial charge on any atom is -0.407 e. The maximum atomic E-state index is 15.5. The van der Waals surface area contributed by atoms with Crippen LogP contribution in [0.25, 0.3) is 33.4 Å². The van der Waals surface area contributed by atoms with Crippen molar-refractivity contribution in [1.29, 1.82) is 0 Å². The summed E-state index contributed by atoms with van der Waals surface area (Å²) in [5, 5.41) is 3.50. The highest BCUT2D eigenvalue weighted by molar-refractivity contribution is 6.08. The van der Waals surface area contributed by atoms with Crippen molar-refractivity contribution in [2.24, 2.45) is 18.4 Å². The molecule has 0 unspecified atom stereocenters. The van der Waals surface area contributed by atoms with Crippen LogP contribution in [0, 0.1) is 17.2 Å². The van der Waals surface area contributed by atoms with Crippen LogP contribution in [-0.2, 0) is 11.8 Å². The largest absolute Gasteiger partial charge is 0.415 e. The van der Waals surface area contributed by atoms with Crippen molar-refractivity contribution < 1.29 is 18.7 Å². The van der Waals surface area contributed by atoms with Gasteiger partial charge < -0.3 is 25.3 Å². The average molecular weight is 567 g/mol. The molecule has 214 valence electrons. The summed E-state index contributed by atoms with van der Waals surface area (Å²) in [6.45, 7) is 5.23. The van der Waals surface area contributed by atoms with Gasteiger partial charge in [-0.3, -0.25) is 4.79 Å². The number of likely N-dealkylation sites (tertiary alicyclic amines) is 1. The summed E-state index contributed by atoms with van der Waals surface area (Å²) < 4.78 is 22.8. The van der Waals surface area contributed by atoms with Crippen molar-refractivity contribution in [3.05, 3.63) is 66.8 Å². The first kappa shape index (κ1) is 26.2. The summed E-state index contributed by atoms with van der Waals surface area (Å²) in [4.78, 5) is 35.6. The summed E-state index contributed by atoms with van der Waals surface area (Å²) in [6, 6.07) is 11.9. The van der Waals surface area contributed by atoms with Gasteiger partial charge in [-0.1, -0.05) is 24.8 Å². The number of nitrogens with two attached hydrogens (primary N) is 1. The van der Waals surface area contributed by atoms with Crippen molar-refractivity contribution in [3.63, 3.8) is 0 Å². The van der Waals surface area contributed by atoms with Crippen LogP contribution in [0.2, 0.25) is 0 Å². The summed E-state index contributed by atoms with van der Waals surface area (Å²) in [6.07, 6.45) is 6.11. The summed E-state index contributed by atoms with van der Waals surface area (Å²) in [5.74, 6) is -0.419. The Balaban J connectivity index is 1.21. The Morgan fingerprint density at radius 1 is 1.10 bits per heavy atom. The van der Waals surface area contributed by atoms with Crippen molar-refractivity contribution in [1.82, 2.24) is 19.4 Å². The average Bonchev–Trinajstić information content (AvgIpc) is 3.89. The van der Waals surface area contributed by atoms with E-state index in [4.69, 9.17) is 10.5 Å². The number of nitrogens with zero attached hydrogens (tertiary/aromatic N) is 4. The van der Waals surface area contributed by atoms with E-state index in [-0.39, 0.29) is 28.8 Å². The lowest BCUT2D eigenvalue weighted by atomic mass is 9.98. The lowest BCUT2D eigenvalue weighted by molar-refractivity contribution is -0.113. The quantitative estimate of drug-likeness (QED) is 0.280. The molecule has 9 nitrogen and oxygen atoms in total. The van der Waals surface area contributed by atoms with Gasteiger partial charge in [0, 0.05) is 37.0 Å². The van der Waals surface area contributed by atoms with Gasteiger partial charge in [0.15, 0.2) is 11.6 Å². The van der Waals surface area contributed by atoms with Crippen LogP contribution in [0.15, 0.2) is 60.9 Å². The first-order chi connectivity index (χ1) is 20.2. The fraction of sp³-hybridized carbons (Fsp3) is 0.312. The standard InChI is InChI=1S/C32H31FN6O3/c1-18(19-3-4-19)30(40)37-22-8-5-20(6-9-22)27-25(26-28(34)35-17-36-29(26)38(27)2)21-7-10-24(23(33)15-21)42-31(41)39-14-13-32(16-39)11-12-32/h5-10,15,17,19H,1,3-4,11-14,16H2,2H3,(H,37,40)(H2,34,35,36). The zero-order valence-electron chi connectivity index (χ0n) is 23.3. The van der Waals surface area contributed by atoms with Gasteiger partial charge in [0.1, 0.15) is 17.8 Å². The molecule has 3 N–H and O–H groups in total. The SMILES string of the molecule is C=C(C(=O)Nc1ccc(-c2c(-c3ccc(OC(=O)N4CCC5(CC5)C4)c(F)c3)c3c(N)ncnc3n2C)cc1)C1CC1. The Kier molecular flexibility index (Phi) is 6.04. The molecular weight excluding hydrogens is 535 g/mol. The molecule has 2 aliphatic carbocycles. The number of rotatable bonds is 6. The highest BCUT2D eigenvalue weighted by atomic mass is 19.1. The number of halogens is 1. The van der Waals surface area contributed by atoms with Crippen molar-refractivity contribution >= 4 is 34.5 Å². The molecule has 4 aromatic rings. The number of fused-ring (bicyclic) bond motifs is 1. The molecule has 3 aliphatic rings. The molecular formula is C32H31FN6O3. The molecule has 42 heavy (non-hydrogen) atoms. The number of carbonyl (C=O) groups is 2. The normalized spacial score (nSPS) is 17.0. The Morgan fingerprint density at radius 2 is 1.83 bits per heavy atom. The fourth-order valence-corrected chi connectivity index (χ4v) is 6.01. The molecule has 10 heteroatoms. The smallest absolute Gasteiger partial charge is 0.407 e. The van der Waals surface area contributed by atoms with E-state index in [0.29, 0.717) is 46.5 Å². The third kappa shape index (κ3) is 4.56. The molecule has 2 aromatic heterocycles. The highest BCUT2D eigenvalue weighted by Gasteiger charge is 2.49. The Labute approximate surface area is 242 Å². The Hall–Kier alpha value is -4.73. The van der Waals surface area contributed by atoms with E-state index in [0.717, 1.165) is 43.4 Å². The summed E-state index contributed by atoms with van der Waals surface area (Å²) in [7, 11) is 1.86. The number of aryl methyl sites for hydroxylation is 1. The number of aromatic nitrogens is 3. The van der Waals surface area contributed by atoms with Gasteiger partial charge in [0.05, 0.1) is 11.1 Å². The molecule has 2 aromatic carbocycles. The first-order valence-electron chi connectivity index (χ1n) is 14.2. The molecule has 1 spiro atoms. The van der Waals surface area contributed by atoms with E-state index >= 15 is 4.39 Å². The van der Waals surface area contributed by atoms with Gasteiger partial charge >= 0.3 is 6.09 Å². The van der Waals surface area contributed by atoms with Crippen molar-refractivity contribution in [2.75, 3.05) is 24.1 Å². The maximum Gasteiger partial charge on any atom is 0.415 e. The maximum absolute atomic E-state index is 15.5. The predicted octanol–water partition coefficient (Wildman–Crippen LogP) is 5.91. The summed E-state index contributed by atoms with van der Waals surface area (Å²) in [5.41, 5.74) is 11.2. The van der Waals surface area contributed by atoms with Gasteiger partial charge in [-0.05, 0) is 78.8 Å². The van der Waals surface area contributed by atoms with Crippen molar-refractivity contribution in [2.45, 2.75) is 32.1 Å². The second-order valence-electron chi connectivity index (χ2n) is 11.8. The number of nitrogens with one attached hydrogen (secondary N) is 1. The topological polar surface area (TPSA) is 115 Å². The van der Waals surface area contributed by atoms with Crippen LogP contribution >= 0.6 is 0 Å². The number of ether oxygens (including phenoxy) is 1. The van der Waals surface area contributed by atoms with Gasteiger partial charge in [0.2, 0.25) is 0 Å². The molecule has 2 amide bonds. The number of hydrogen-bond donors (Lipinski definition) is 2. The van der Waals surface area contributed by atoms with E-state index in [1.54, 1.807) is 11.0 Å². The van der Waals surface area contributed by atoms with Gasteiger partial charge in [-0.15, -0.1) is 0 Å². The molecule has 0 radical (unpaired) electrons. The number of carbonyl (C=O) groups excluding carboxylic acids is 2. The van der Waals surface area contributed by atoms with Crippen LogP contribution in [0.5, 0.6) is 5.75 Å². The van der Waals surface area contributed by atoms with Crippen LogP contribution in [0.4, 0.5) is 20.7 Å². The van der Waals surface area contributed by atoms with Gasteiger partial charge in [-0.25, -0.2) is 19.2 Å². The predicted molar refractivity (Wildman–Crippen MR) is 158 cm³/mol. The molecule has 1 saturated heterocycles. The summed E-state index contributed by atoms with van der Waals surface area (Å²) >= 11 is 0. The second kappa shape index (κ2) is 9.68. The van der Waals surface area contributed by atoms with E-state index < -0.39 is 11.9 Å². The fourth-order valence-electron chi connectivity index (χ4n) is 6.01. The second-order valence-corrected chi connectivity index (χ2v) is 11.8. The lowest BCUT2D eigenvalue weighted by Crippen LogP contribution is -2.31. The zero-order valence-corrected chi connectivity index (χ0v) is 23.3. The highest BCUT2D eigenvalue weighted by Crippen LogP contribution is 2.52. The van der Waals surface area contributed by atoms with Crippen LogP contribution < -0.4 is 15.8 Å². The number of amides is 2. The monoisotopic (exact) mass is 566 g/mol. The molecule has 7 rings (SSSR count). The van der Waals surface area contributed by atoms with E-state index in [1.165, 1.54) is 18.5 Å². The van der Waals surface area contributed by atoms with E-state index in [1.807, 2.05) is 35.9 Å². The van der Waals surface area contributed by atoms with Crippen LogP contribution in [0.1, 0.15) is 32.1 Å². The number of anilines is 2. The molecule has 2 saturated carbocycles. The molecule has 0 bridgehead atoms. The first-order valence-corrected chi connectivity index (χ1v) is 14.2. The molecule has 3 fully saturated rings. The molecule has 3 heterocycles. The van der Waals surface area contributed by atoms with Crippen LogP contribution in [0.3, 0.4) is 0 Å². The van der Waals surface area contributed by atoms with E-state index in [2.05, 4.69) is 21.9 Å². The third-order valence-electron chi connectivity index (χ3n) is 8.85. The molecule has 1 aliphatic heterocycles. The lowest BCUT2D eigenvalue weighted by Gasteiger charge is -2.16. The van der Waals surface area contributed by atoms with Crippen LogP contribution in [-0.4, -0.2) is 44.5 Å². The number of benzene rings is 2. The minimum atomic E-state index is -0.659. The third-order valence-corrected chi connectivity index (χ3v) is 8.85. The van der Waals surface area contributed by atoms with Gasteiger partial charge in [0.25, 0.3) is 5.91 Å². The van der Waals surface area contributed by atoms with Gasteiger partial charge in [-0.2, -0.15) is 0 Å². The number of nitrogen functional groups attached to an aromatic ring is 1. The number of hydrogen-bond acceptors (Lipinski definition) is 6. The Bertz CT molecular complexity index is 1770. The molecule has 0 atom stereocenters. The Morgan fingerprint density at radius 3 is 2.50 bits per heavy atom. The van der Waals surface area contributed by atoms with Crippen molar-refractivity contribution in [3.8, 4) is 28.1 Å². The zero-order chi connectivity index (χ0) is 29.2. The minimum absolute atomic E-state index is 0.126. The van der Waals surface area contributed by atoms with E-state index in [9.17, 15) is 9.59 Å².